The summed E-state index contributed by atoms with van der Waals surface area (Å²) < 4.78 is 0. The first-order valence-corrected chi connectivity index (χ1v) is 8.98. The van der Waals surface area contributed by atoms with Crippen LogP contribution >= 0.6 is 0 Å². The molecule has 2 aliphatic rings. The van der Waals surface area contributed by atoms with Crippen LogP contribution in [0.5, 0.6) is 0 Å². The molecule has 0 heterocycles. The Morgan fingerprint density at radius 3 is 1.10 bits per heavy atom. The fourth-order valence-corrected chi connectivity index (χ4v) is 3.30. The van der Waals surface area contributed by atoms with Crippen LogP contribution < -0.4 is 0 Å². The van der Waals surface area contributed by atoms with Crippen LogP contribution in [0.3, 0.4) is 0 Å². The van der Waals surface area contributed by atoms with Gasteiger partial charge in [-0.2, -0.15) is 0 Å². The molecule has 0 aliphatic heterocycles. The van der Waals surface area contributed by atoms with Crippen LogP contribution in [-0.2, 0) is 0 Å². The molecule has 0 aromatic heterocycles. The Labute approximate surface area is 149 Å². The van der Waals surface area contributed by atoms with Crippen molar-refractivity contribution in [3.63, 3.8) is 0 Å². The van der Waals surface area contributed by atoms with Crippen molar-refractivity contribution in [1.29, 1.82) is 0 Å². The van der Waals surface area contributed by atoms with Crippen molar-refractivity contribution in [3.8, 4) is 0 Å². The van der Waals surface area contributed by atoms with Gasteiger partial charge in [0.15, 0.2) is 0 Å². The van der Waals surface area contributed by atoms with E-state index in [9.17, 15) is 0 Å². The second-order valence-electron chi connectivity index (χ2n) is 7.07. The molecule has 2 nitrogen and oxygen atoms in total. The van der Waals surface area contributed by atoms with Gasteiger partial charge in [-0.1, -0.05) is 91.9 Å². The molecular formula is C18H36MgN2. The molecule has 0 atom stereocenters. The Morgan fingerprint density at radius 1 is 0.571 bits per heavy atom. The summed E-state index contributed by atoms with van der Waals surface area (Å²) in [6.45, 7) is 8.70. The predicted octanol–water partition coefficient (Wildman–Crippen LogP) is 5.82. The van der Waals surface area contributed by atoms with Crippen LogP contribution in [0.4, 0.5) is 0 Å². The molecule has 2 fully saturated rings. The Kier molecular flexibility index (Phi) is 13.6. The monoisotopic (exact) mass is 304 g/mol. The molecule has 0 amide bonds. The first-order valence-electron chi connectivity index (χ1n) is 8.98. The van der Waals surface area contributed by atoms with Crippen LogP contribution in [0.25, 0.3) is 10.6 Å². The fourth-order valence-electron chi connectivity index (χ4n) is 3.30. The summed E-state index contributed by atoms with van der Waals surface area (Å²) in [4.78, 5) is 0. The van der Waals surface area contributed by atoms with Gasteiger partial charge in [0.25, 0.3) is 0 Å². The maximum Gasteiger partial charge on any atom is 2.00 e. The van der Waals surface area contributed by atoms with Gasteiger partial charge >= 0.3 is 23.1 Å². The largest absolute Gasteiger partial charge is 2.00 e. The Hall–Kier alpha value is 0.686. The maximum absolute atomic E-state index is 4.64. The fraction of sp³-hybridized carbons (Fsp3) is 1.00. The standard InChI is InChI=1S/2C9H18N.Mg/c2*1-8(2)10-9-6-4-3-5-7-9;/h2*8-9H,3-7H2,1-2H3;/q2*-1;+2. The molecule has 0 aromatic carbocycles. The summed E-state index contributed by atoms with van der Waals surface area (Å²) >= 11 is 0. The molecule has 21 heavy (non-hydrogen) atoms. The van der Waals surface area contributed by atoms with Crippen molar-refractivity contribution in [1.82, 2.24) is 0 Å². The quantitative estimate of drug-likeness (QED) is 0.585. The summed E-state index contributed by atoms with van der Waals surface area (Å²) in [5.41, 5.74) is 0. The molecule has 0 spiro atoms. The van der Waals surface area contributed by atoms with E-state index >= 15 is 0 Å². The molecule has 3 heteroatoms. The van der Waals surface area contributed by atoms with E-state index in [0.717, 1.165) is 0 Å². The Balaban J connectivity index is 0.000000364. The summed E-state index contributed by atoms with van der Waals surface area (Å²) in [6.07, 6.45) is 13.9. The molecule has 0 aromatic rings. The topological polar surface area (TPSA) is 28.2 Å². The summed E-state index contributed by atoms with van der Waals surface area (Å²) in [5.74, 6) is 0. The van der Waals surface area contributed by atoms with E-state index < -0.39 is 0 Å². The molecule has 0 unspecified atom stereocenters. The van der Waals surface area contributed by atoms with Gasteiger partial charge in [0.2, 0.25) is 0 Å². The zero-order chi connectivity index (χ0) is 14.8. The zero-order valence-electron chi connectivity index (χ0n) is 15.0. The van der Waals surface area contributed by atoms with E-state index in [4.69, 9.17) is 0 Å². The second kappa shape index (κ2) is 13.2. The van der Waals surface area contributed by atoms with Gasteiger partial charge < -0.3 is 10.6 Å². The first-order chi connectivity index (χ1) is 9.58. The average Bonchev–Trinajstić information content (AvgIpc) is 2.40. The van der Waals surface area contributed by atoms with E-state index in [1.54, 1.807) is 0 Å². The average molecular weight is 305 g/mol. The van der Waals surface area contributed by atoms with E-state index in [1.807, 2.05) is 0 Å². The normalized spacial score (nSPS) is 20.9. The van der Waals surface area contributed by atoms with E-state index in [1.165, 1.54) is 64.2 Å². The molecule has 0 saturated heterocycles. The smallest absolute Gasteiger partial charge is 0.657 e. The van der Waals surface area contributed by atoms with Gasteiger partial charge in [-0.05, 0) is 0 Å². The minimum atomic E-state index is 0. The van der Waals surface area contributed by atoms with Crippen LogP contribution in [0.1, 0.15) is 91.9 Å². The third-order valence-corrected chi connectivity index (χ3v) is 4.17. The van der Waals surface area contributed by atoms with Gasteiger partial charge in [-0.25, -0.2) is 0 Å². The predicted molar refractivity (Wildman–Crippen MR) is 96.5 cm³/mol. The summed E-state index contributed by atoms with van der Waals surface area (Å²) in [5, 5.41) is 9.27. The molecule has 2 aliphatic carbocycles. The number of nitrogens with zero attached hydrogens (tertiary/aromatic N) is 2. The number of hydrogen-bond acceptors (Lipinski definition) is 0. The minimum Gasteiger partial charge on any atom is -0.657 e. The van der Waals surface area contributed by atoms with Crippen LogP contribution in [0, 0.1) is 0 Å². The molecule has 2 rings (SSSR count). The molecule has 0 N–H and O–H groups in total. The number of rotatable bonds is 4. The van der Waals surface area contributed by atoms with E-state index in [0.29, 0.717) is 24.2 Å². The van der Waals surface area contributed by atoms with Gasteiger partial charge in [0, 0.05) is 0 Å². The van der Waals surface area contributed by atoms with Gasteiger partial charge in [0.1, 0.15) is 0 Å². The minimum absolute atomic E-state index is 0. The van der Waals surface area contributed by atoms with E-state index in [2.05, 4.69) is 38.3 Å². The molecule has 2 saturated carbocycles. The van der Waals surface area contributed by atoms with Crippen molar-refractivity contribution in [2.75, 3.05) is 0 Å². The van der Waals surface area contributed by atoms with Crippen LogP contribution in [0.15, 0.2) is 0 Å². The third kappa shape index (κ3) is 11.9. The maximum atomic E-state index is 4.64. The van der Waals surface area contributed by atoms with Gasteiger partial charge in [-0.3, -0.25) is 0 Å². The Bertz CT molecular complexity index is 195. The molecule has 0 bridgehead atoms. The van der Waals surface area contributed by atoms with Gasteiger partial charge in [-0.15, -0.1) is 24.2 Å². The van der Waals surface area contributed by atoms with E-state index in [-0.39, 0.29) is 23.1 Å². The third-order valence-electron chi connectivity index (χ3n) is 4.17. The Morgan fingerprint density at radius 2 is 0.857 bits per heavy atom. The first kappa shape index (κ1) is 21.7. The summed E-state index contributed by atoms with van der Waals surface area (Å²) in [7, 11) is 0. The molecule has 0 radical (unpaired) electrons. The van der Waals surface area contributed by atoms with Crippen molar-refractivity contribution in [3.05, 3.63) is 10.6 Å². The van der Waals surface area contributed by atoms with Crippen molar-refractivity contribution in [2.24, 2.45) is 0 Å². The van der Waals surface area contributed by atoms with Crippen molar-refractivity contribution < 1.29 is 0 Å². The second-order valence-corrected chi connectivity index (χ2v) is 7.07. The van der Waals surface area contributed by atoms with Crippen LogP contribution in [-0.4, -0.2) is 47.2 Å². The molecular weight excluding hydrogens is 269 g/mol. The van der Waals surface area contributed by atoms with Gasteiger partial charge in [0.05, 0.1) is 0 Å². The SMILES string of the molecule is CC(C)[N-]C1CCCCC1.CC(C)[N-]C1CCCCC1.[Mg+2]. The van der Waals surface area contributed by atoms with Crippen molar-refractivity contribution in [2.45, 2.75) is 116 Å². The summed E-state index contributed by atoms with van der Waals surface area (Å²) in [6, 6.07) is 2.49. The molecule has 120 valence electrons. The number of hydrogen-bond donors (Lipinski definition) is 0. The van der Waals surface area contributed by atoms with Crippen molar-refractivity contribution >= 4 is 23.1 Å². The van der Waals surface area contributed by atoms with Crippen LogP contribution in [0.2, 0.25) is 0 Å². The zero-order valence-corrected chi connectivity index (χ0v) is 16.4.